The molecule has 0 atom stereocenters. The van der Waals surface area contributed by atoms with E-state index in [1.54, 1.807) is 18.2 Å². The van der Waals surface area contributed by atoms with Crippen molar-refractivity contribution in [1.29, 1.82) is 0 Å². The van der Waals surface area contributed by atoms with Crippen molar-refractivity contribution in [2.45, 2.75) is 6.92 Å². The predicted molar refractivity (Wildman–Crippen MR) is 151 cm³/mol. The van der Waals surface area contributed by atoms with E-state index in [0.717, 1.165) is 52.9 Å². The highest BCUT2D eigenvalue weighted by Crippen LogP contribution is 2.34. The topological polar surface area (TPSA) is 23.2 Å². The molecule has 7 heteroatoms. The molecule has 0 bridgehead atoms. The maximum atomic E-state index is 15.3. The van der Waals surface area contributed by atoms with Crippen LogP contribution in [0.4, 0.5) is 14.3 Å². The van der Waals surface area contributed by atoms with Crippen LogP contribution in [0.25, 0.3) is 24.3 Å². The number of hydrogen-bond acceptors (Lipinski definition) is 2. The minimum absolute atomic E-state index is 0.501. The lowest BCUT2D eigenvalue weighted by atomic mass is 9.90. The molecule has 3 aliphatic heterocycles. The molecule has 0 spiro atoms. The van der Waals surface area contributed by atoms with Crippen molar-refractivity contribution in [3.8, 4) is 0 Å². The van der Waals surface area contributed by atoms with Crippen molar-refractivity contribution in [1.82, 2.24) is 9.79 Å². The molecule has 4 heterocycles. The summed E-state index contributed by atoms with van der Waals surface area (Å²) in [5.41, 5.74) is 6.91. The molecular weight excluding hydrogens is 465 g/mol. The van der Waals surface area contributed by atoms with E-state index in [1.807, 2.05) is 49.4 Å². The summed E-state index contributed by atoms with van der Waals surface area (Å²) in [4.78, 5) is 2.40. The Bertz CT molecular complexity index is 1470. The smallest absolute Gasteiger partial charge is 0.396 e. The quantitative estimate of drug-likeness (QED) is 0.360. The van der Waals surface area contributed by atoms with Gasteiger partial charge in [-0.2, -0.15) is 0 Å². The minimum atomic E-state index is -3.93. The molecule has 0 radical (unpaired) electrons. The Morgan fingerprint density at radius 1 is 0.811 bits per heavy atom. The second-order valence-corrected chi connectivity index (χ2v) is 9.74. The van der Waals surface area contributed by atoms with Gasteiger partial charge in [-0.3, -0.25) is 0 Å². The SMILES string of the molecule is CC1=CC(/C=C/c2ccc(/C=C/c3ccc(N4CCNCC4)cc3)cc2)=[N+]2C1=Cc1cccn1[B-]2(F)F. The van der Waals surface area contributed by atoms with Gasteiger partial charge in [0.05, 0.1) is 0 Å². The van der Waals surface area contributed by atoms with Crippen LogP contribution in [0.15, 0.2) is 90.3 Å². The number of nitrogens with one attached hydrogen (secondary N) is 1. The van der Waals surface area contributed by atoms with Crippen LogP contribution < -0.4 is 10.2 Å². The molecule has 0 amide bonds. The Hall–Kier alpha value is -3.97. The molecule has 2 aromatic carbocycles. The van der Waals surface area contributed by atoms with Crippen molar-refractivity contribution in [3.63, 3.8) is 0 Å². The van der Waals surface area contributed by atoms with Gasteiger partial charge in [0.15, 0.2) is 11.4 Å². The average Bonchev–Trinajstić information content (AvgIpc) is 3.53. The van der Waals surface area contributed by atoms with E-state index in [1.165, 1.54) is 16.4 Å². The molecule has 6 rings (SSSR count). The zero-order valence-corrected chi connectivity index (χ0v) is 20.8. The summed E-state index contributed by atoms with van der Waals surface area (Å²) in [5, 5.41) is 3.38. The molecule has 1 aromatic heterocycles. The van der Waals surface area contributed by atoms with E-state index < -0.39 is 6.97 Å². The van der Waals surface area contributed by atoms with Gasteiger partial charge in [0, 0.05) is 61.4 Å². The second-order valence-electron chi connectivity index (χ2n) is 9.74. The molecule has 4 nitrogen and oxygen atoms in total. The van der Waals surface area contributed by atoms with Crippen molar-refractivity contribution >= 4 is 42.7 Å². The third kappa shape index (κ3) is 4.51. The Morgan fingerprint density at radius 2 is 1.41 bits per heavy atom. The van der Waals surface area contributed by atoms with Gasteiger partial charge in [-0.25, -0.2) is 0 Å². The fourth-order valence-corrected chi connectivity index (χ4v) is 5.24. The van der Waals surface area contributed by atoms with E-state index in [2.05, 4.69) is 46.6 Å². The number of rotatable bonds is 5. The number of hydrogen-bond donors (Lipinski definition) is 1. The van der Waals surface area contributed by atoms with Gasteiger partial charge in [-0.05, 0) is 60.2 Å². The number of halogens is 2. The van der Waals surface area contributed by atoms with E-state index in [9.17, 15) is 0 Å². The monoisotopic (exact) mass is 494 g/mol. The first-order valence-electron chi connectivity index (χ1n) is 12.8. The third-order valence-electron chi connectivity index (χ3n) is 7.27. The molecule has 1 saturated heterocycles. The van der Waals surface area contributed by atoms with Crippen molar-refractivity contribution in [2.24, 2.45) is 0 Å². The first kappa shape index (κ1) is 23.4. The number of benzene rings is 2. The number of aromatic nitrogens is 1. The summed E-state index contributed by atoms with van der Waals surface area (Å²) >= 11 is 0. The molecule has 0 unspecified atom stereocenters. The molecule has 37 heavy (non-hydrogen) atoms. The highest BCUT2D eigenvalue weighted by Gasteiger charge is 2.52. The van der Waals surface area contributed by atoms with Gasteiger partial charge in [0.1, 0.15) is 0 Å². The second kappa shape index (κ2) is 9.49. The van der Waals surface area contributed by atoms with Gasteiger partial charge >= 0.3 is 6.97 Å². The number of piperazine rings is 1. The van der Waals surface area contributed by atoms with Crippen LogP contribution in [0.2, 0.25) is 0 Å². The van der Waals surface area contributed by atoms with Crippen LogP contribution in [-0.4, -0.2) is 47.8 Å². The fraction of sp³-hybridized carbons (Fsp3) is 0.167. The highest BCUT2D eigenvalue weighted by atomic mass is 19.2. The van der Waals surface area contributed by atoms with Gasteiger partial charge in [0.25, 0.3) is 0 Å². The van der Waals surface area contributed by atoms with Crippen molar-refractivity contribution < 1.29 is 13.1 Å². The molecule has 1 N–H and O–H groups in total. The molecular formula is C30H29BF2N4. The number of nitrogens with zero attached hydrogens (tertiary/aromatic N) is 3. The molecule has 3 aromatic rings. The zero-order valence-electron chi connectivity index (χ0n) is 20.8. The number of anilines is 1. The summed E-state index contributed by atoms with van der Waals surface area (Å²) in [6.07, 6.45) is 13.0. The summed E-state index contributed by atoms with van der Waals surface area (Å²) in [6.45, 7) is 2.09. The number of fused-ring (bicyclic) bond motifs is 2. The minimum Gasteiger partial charge on any atom is -0.396 e. The maximum Gasteiger partial charge on any atom is 0.737 e. The van der Waals surface area contributed by atoms with Crippen LogP contribution in [0.3, 0.4) is 0 Å². The average molecular weight is 494 g/mol. The van der Waals surface area contributed by atoms with Crippen LogP contribution in [0.1, 0.15) is 29.3 Å². The largest absolute Gasteiger partial charge is 0.737 e. The Morgan fingerprint density at radius 3 is 2.05 bits per heavy atom. The van der Waals surface area contributed by atoms with E-state index in [0.29, 0.717) is 17.1 Å². The van der Waals surface area contributed by atoms with Gasteiger partial charge < -0.3 is 27.8 Å². The normalized spacial score (nSPS) is 18.8. The molecule has 186 valence electrons. The van der Waals surface area contributed by atoms with Gasteiger partial charge in [-0.1, -0.05) is 48.6 Å². The van der Waals surface area contributed by atoms with Crippen LogP contribution >= 0.6 is 0 Å². The van der Waals surface area contributed by atoms with Crippen LogP contribution in [0.5, 0.6) is 0 Å². The van der Waals surface area contributed by atoms with E-state index >= 15 is 8.63 Å². The molecule has 0 aliphatic carbocycles. The van der Waals surface area contributed by atoms with E-state index in [4.69, 9.17) is 0 Å². The Balaban J connectivity index is 1.16. The third-order valence-corrected chi connectivity index (χ3v) is 7.27. The standard InChI is InChI=1S/C30H29BF2N4/c1-23-21-29(37-30(23)22-28-3-2-18-36(28)31(37,32)33)15-12-25-7-4-24(5-8-25)6-9-26-10-13-27(14-11-26)35-19-16-34-17-20-35/h2-15,18,21-22,34H,16-17,19-20H2,1H3/b9-6+,15-12+. The van der Waals surface area contributed by atoms with Gasteiger partial charge in [0.2, 0.25) is 0 Å². The number of allylic oxidation sites excluding steroid dienone is 3. The van der Waals surface area contributed by atoms with Gasteiger partial charge in [-0.15, -0.1) is 0 Å². The van der Waals surface area contributed by atoms with Crippen molar-refractivity contribution in [2.75, 3.05) is 31.1 Å². The lowest BCUT2D eigenvalue weighted by Crippen LogP contribution is -2.49. The molecule has 0 saturated carbocycles. The van der Waals surface area contributed by atoms with Crippen LogP contribution in [0, 0.1) is 0 Å². The van der Waals surface area contributed by atoms with Crippen LogP contribution in [-0.2, 0) is 0 Å². The summed E-state index contributed by atoms with van der Waals surface area (Å²) < 4.78 is 32.9. The maximum absolute atomic E-state index is 15.3. The molecule has 3 aliphatic rings. The first-order chi connectivity index (χ1) is 18.0. The Labute approximate surface area is 216 Å². The van der Waals surface area contributed by atoms with Crippen molar-refractivity contribution in [3.05, 3.63) is 113 Å². The highest BCUT2D eigenvalue weighted by molar-refractivity contribution is 6.58. The summed E-state index contributed by atoms with van der Waals surface area (Å²) in [7, 11) is 0. The fourth-order valence-electron chi connectivity index (χ4n) is 5.24. The summed E-state index contributed by atoms with van der Waals surface area (Å²) in [6, 6.07) is 20.2. The molecule has 1 fully saturated rings. The summed E-state index contributed by atoms with van der Waals surface area (Å²) in [5.74, 6) is 0. The lowest BCUT2D eigenvalue weighted by molar-refractivity contribution is -0.361. The Kier molecular flexibility index (Phi) is 6.01. The lowest BCUT2D eigenvalue weighted by Gasteiger charge is -2.29. The predicted octanol–water partition coefficient (Wildman–Crippen LogP) is 5.77. The first-order valence-corrected chi connectivity index (χ1v) is 12.8. The van der Waals surface area contributed by atoms with E-state index in [-0.39, 0.29) is 0 Å². The zero-order chi connectivity index (χ0) is 25.4.